The summed E-state index contributed by atoms with van der Waals surface area (Å²) >= 11 is 2.15. The molecule has 1 heterocycles. The van der Waals surface area contributed by atoms with Crippen LogP contribution in [0.4, 0.5) is 4.39 Å². The molecule has 0 radical (unpaired) electrons. The molecule has 0 saturated heterocycles. The van der Waals surface area contributed by atoms with Gasteiger partial charge in [-0.25, -0.2) is 4.39 Å². The van der Waals surface area contributed by atoms with E-state index in [-0.39, 0.29) is 17.8 Å². The van der Waals surface area contributed by atoms with Crippen LogP contribution in [-0.2, 0) is 0 Å². The molecule has 1 atom stereocenters. The molecule has 1 amide bonds. The van der Waals surface area contributed by atoms with Crippen molar-refractivity contribution in [3.05, 3.63) is 63.1 Å². The number of carbonyl (C=O) groups excluding carboxylic acids is 1. The Hall–Kier alpha value is -1.96. The number of benzene rings is 2. The SMILES string of the molecule is CC(C)CC(NC(=O)c1ccc2n[nH]c(I)c2c1)c1ccccc1F. The molecule has 0 aliphatic rings. The summed E-state index contributed by atoms with van der Waals surface area (Å²) in [5.41, 5.74) is 1.87. The predicted octanol–water partition coefficient (Wildman–Crippen LogP) is 4.82. The summed E-state index contributed by atoms with van der Waals surface area (Å²) in [4.78, 5) is 12.7. The lowest BCUT2D eigenvalue weighted by Crippen LogP contribution is -2.30. The maximum absolute atomic E-state index is 14.2. The second-order valence-electron chi connectivity index (χ2n) is 6.45. The largest absolute Gasteiger partial charge is 0.345 e. The number of aromatic amines is 1. The van der Waals surface area contributed by atoms with Crippen molar-refractivity contribution in [3.8, 4) is 0 Å². The minimum absolute atomic E-state index is 0.215. The third-order valence-corrected chi connectivity index (χ3v) is 4.89. The van der Waals surface area contributed by atoms with Gasteiger partial charge >= 0.3 is 0 Å². The van der Waals surface area contributed by atoms with E-state index in [2.05, 4.69) is 52.0 Å². The van der Waals surface area contributed by atoms with E-state index in [1.165, 1.54) is 6.07 Å². The molecule has 0 bridgehead atoms. The van der Waals surface area contributed by atoms with Crippen LogP contribution in [0.3, 0.4) is 0 Å². The summed E-state index contributed by atoms with van der Waals surface area (Å²) in [6.07, 6.45) is 0.665. The van der Waals surface area contributed by atoms with Gasteiger partial charge in [-0.1, -0.05) is 32.0 Å². The van der Waals surface area contributed by atoms with Crippen LogP contribution >= 0.6 is 22.6 Å². The molecule has 1 unspecified atom stereocenters. The molecule has 0 saturated carbocycles. The molecule has 4 nitrogen and oxygen atoms in total. The number of H-pyrrole nitrogens is 1. The van der Waals surface area contributed by atoms with Gasteiger partial charge in [0.25, 0.3) is 5.91 Å². The van der Waals surface area contributed by atoms with E-state index in [0.29, 0.717) is 23.5 Å². The first-order chi connectivity index (χ1) is 12.0. The van der Waals surface area contributed by atoms with E-state index < -0.39 is 0 Å². The Morgan fingerprint density at radius 3 is 2.76 bits per heavy atom. The van der Waals surface area contributed by atoms with E-state index in [1.807, 2.05) is 12.1 Å². The van der Waals surface area contributed by atoms with E-state index >= 15 is 0 Å². The molecule has 3 aromatic rings. The molecule has 0 aliphatic heterocycles. The van der Waals surface area contributed by atoms with Gasteiger partial charge in [-0.05, 0) is 59.2 Å². The third kappa shape index (κ3) is 4.00. The highest BCUT2D eigenvalue weighted by Gasteiger charge is 2.20. The Bertz CT molecular complexity index is 907. The molecule has 2 N–H and O–H groups in total. The number of carbonyl (C=O) groups is 1. The van der Waals surface area contributed by atoms with Gasteiger partial charge in [-0.15, -0.1) is 0 Å². The Morgan fingerprint density at radius 1 is 1.28 bits per heavy atom. The average Bonchev–Trinajstić information content (AvgIpc) is 2.95. The van der Waals surface area contributed by atoms with Crippen molar-refractivity contribution in [1.29, 1.82) is 0 Å². The lowest BCUT2D eigenvalue weighted by molar-refractivity contribution is 0.0931. The van der Waals surface area contributed by atoms with Gasteiger partial charge in [0.05, 0.1) is 11.6 Å². The van der Waals surface area contributed by atoms with Crippen LogP contribution in [0.5, 0.6) is 0 Å². The van der Waals surface area contributed by atoms with Gasteiger partial charge in [0, 0.05) is 16.5 Å². The van der Waals surface area contributed by atoms with Crippen molar-refractivity contribution in [1.82, 2.24) is 15.5 Å². The molecule has 25 heavy (non-hydrogen) atoms. The van der Waals surface area contributed by atoms with Gasteiger partial charge < -0.3 is 5.32 Å². The molecular weight excluding hydrogens is 432 g/mol. The highest BCUT2D eigenvalue weighted by Crippen LogP contribution is 2.25. The molecule has 0 fully saturated rings. The summed E-state index contributed by atoms with van der Waals surface area (Å²) < 4.78 is 15.1. The van der Waals surface area contributed by atoms with E-state index in [9.17, 15) is 9.18 Å². The molecule has 3 rings (SSSR count). The number of hydrogen-bond donors (Lipinski definition) is 2. The van der Waals surface area contributed by atoms with Crippen LogP contribution < -0.4 is 5.32 Å². The highest BCUT2D eigenvalue weighted by atomic mass is 127. The molecule has 0 aliphatic carbocycles. The van der Waals surface area contributed by atoms with Gasteiger partial charge in [0.2, 0.25) is 0 Å². The topological polar surface area (TPSA) is 57.8 Å². The third-order valence-electron chi connectivity index (χ3n) is 4.06. The lowest BCUT2D eigenvalue weighted by atomic mass is 9.96. The summed E-state index contributed by atoms with van der Waals surface area (Å²) in [6, 6.07) is 11.6. The zero-order chi connectivity index (χ0) is 18.0. The summed E-state index contributed by atoms with van der Waals surface area (Å²) in [5.74, 6) is -0.191. The minimum atomic E-state index is -0.368. The fourth-order valence-corrected chi connectivity index (χ4v) is 3.41. The fraction of sp³-hybridized carbons (Fsp3) is 0.263. The Morgan fingerprint density at radius 2 is 2.04 bits per heavy atom. The van der Waals surface area contributed by atoms with Crippen LogP contribution in [0, 0.1) is 15.4 Å². The smallest absolute Gasteiger partial charge is 0.251 e. The first-order valence-electron chi connectivity index (χ1n) is 8.14. The maximum Gasteiger partial charge on any atom is 0.251 e. The molecule has 6 heteroatoms. The van der Waals surface area contributed by atoms with Crippen LogP contribution in [0.15, 0.2) is 42.5 Å². The monoisotopic (exact) mass is 451 g/mol. The number of halogens is 2. The van der Waals surface area contributed by atoms with Crippen molar-refractivity contribution >= 4 is 39.4 Å². The molecule has 1 aromatic heterocycles. The van der Waals surface area contributed by atoms with Crippen molar-refractivity contribution < 1.29 is 9.18 Å². The van der Waals surface area contributed by atoms with Crippen molar-refractivity contribution in [2.45, 2.75) is 26.3 Å². The molecule has 130 valence electrons. The second-order valence-corrected chi connectivity index (χ2v) is 7.53. The van der Waals surface area contributed by atoms with Crippen molar-refractivity contribution in [2.75, 3.05) is 0 Å². The average molecular weight is 451 g/mol. The number of rotatable bonds is 5. The summed E-state index contributed by atoms with van der Waals surface area (Å²) in [7, 11) is 0. The number of nitrogens with zero attached hydrogens (tertiary/aromatic N) is 1. The summed E-state index contributed by atoms with van der Waals surface area (Å²) in [5, 5.41) is 11.0. The van der Waals surface area contributed by atoms with Crippen LogP contribution in [0.25, 0.3) is 10.9 Å². The molecule has 2 aromatic carbocycles. The van der Waals surface area contributed by atoms with Gasteiger partial charge in [-0.3, -0.25) is 9.89 Å². The Labute approximate surface area is 159 Å². The van der Waals surface area contributed by atoms with Gasteiger partial charge in [0.15, 0.2) is 0 Å². The number of aromatic nitrogens is 2. The minimum Gasteiger partial charge on any atom is -0.345 e. The van der Waals surface area contributed by atoms with Crippen molar-refractivity contribution in [2.24, 2.45) is 5.92 Å². The highest BCUT2D eigenvalue weighted by molar-refractivity contribution is 14.1. The zero-order valence-electron chi connectivity index (χ0n) is 14.0. The normalized spacial score (nSPS) is 12.5. The van der Waals surface area contributed by atoms with E-state index in [1.54, 1.807) is 24.3 Å². The van der Waals surface area contributed by atoms with Gasteiger partial charge in [-0.2, -0.15) is 5.10 Å². The standard InChI is InChI=1S/C19H19FIN3O/c1-11(2)9-17(13-5-3-4-6-15(13)20)22-19(25)12-7-8-16-14(10-12)18(21)24-23-16/h3-8,10-11,17H,9H2,1-2H3,(H,22,25)(H,23,24). The van der Waals surface area contributed by atoms with Crippen LogP contribution in [0.1, 0.15) is 42.2 Å². The maximum atomic E-state index is 14.2. The van der Waals surface area contributed by atoms with Crippen molar-refractivity contribution in [3.63, 3.8) is 0 Å². The number of hydrogen-bond acceptors (Lipinski definition) is 2. The second kappa shape index (κ2) is 7.51. The summed E-state index contributed by atoms with van der Waals surface area (Å²) in [6.45, 7) is 4.11. The fourth-order valence-electron chi connectivity index (χ4n) is 2.85. The number of amides is 1. The van der Waals surface area contributed by atoms with E-state index in [0.717, 1.165) is 14.6 Å². The lowest BCUT2D eigenvalue weighted by Gasteiger charge is -2.21. The number of nitrogens with one attached hydrogen (secondary N) is 2. The predicted molar refractivity (Wildman–Crippen MR) is 105 cm³/mol. The van der Waals surface area contributed by atoms with Gasteiger partial charge in [0.1, 0.15) is 9.52 Å². The quantitative estimate of drug-likeness (QED) is 0.547. The van der Waals surface area contributed by atoms with Crippen LogP contribution in [0.2, 0.25) is 0 Å². The van der Waals surface area contributed by atoms with E-state index in [4.69, 9.17) is 0 Å². The Balaban J connectivity index is 1.88. The molecular formula is C19H19FIN3O. The zero-order valence-corrected chi connectivity index (χ0v) is 16.2. The molecule has 0 spiro atoms. The Kier molecular flexibility index (Phi) is 5.36. The first kappa shape index (κ1) is 17.8. The first-order valence-corrected chi connectivity index (χ1v) is 9.22. The number of fused-ring (bicyclic) bond motifs is 1. The van der Waals surface area contributed by atoms with Crippen LogP contribution in [-0.4, -0.2) is 16.1 Å².